The predicted octanol–water partition coefficient (Wildman–Crippen LogP) is 2.26. The van der Waals surface area contributed by atoms with E-state index in [2.05, 4.69) is 10.0 Å². The molecule has 0 saturated carbocycles. The van der Waals surface area contributed by atoms with E-state index in [-0.39, 0.29) is 21.9 Å². The van der Waals surface area contributed by atoms with Gasteiger partial charge in [-0.1, -0.05) is 30.3 Å². The SMILES string of the molecule is CCOc1ccc(S(=O)(=O)N[C@H](Cc2ccccc2)C(=O)Nc2ccc(S(N)(=O)=O)cc2)cc1. The Kier molecular flexibility index (Phi) is 8.05. The summed E-state index contributed by atoms with van der Waals surface area (Å²) < 4.78 is 56.7. The van der Waals surface area contributed by atoms with Crippen LogP contribution in [-0.2, 0) is 31.3 Å². The molecule has 180 valence electrons. The van der Waals surface area contributed by atoms with Gasteiger partial charge in [0, 0.05) is 5.69 Å². The Labute approximate surface area is 199 Å². The molecule has 0 aliphatic heterocycles. The number of carbonyl (C=O) groups is 1. The molecule has 0 aliphatic rings. The van der Waals surface area contributed by atoms with Crippen molar-refractivity contribution >= 4 is 31.6 Å². The first-order valence-corrected chi connectivity index (χ1v) is 13.3. The van der Waals surface area contributed by atoms with Crippen molar-refractivity contribution < 1.29 is 26.4 Å². The molecule has 3 rings (SSSR count). The van der Waals surface area contributed by atoms with Crippen LogP contribution in [0.4, 0.5) is 5.69 Å². The highest BCUT2D eigenvalue weighted by molar-refractivity contribution is 7.89. The molecule has 0 radical (unpaired) electrons. The molecule has 0 unspecified atom stereocenters. The Morgan fingerprint density at radius 3 is 2.03 bits per heavy atom. The van der Waals surface area contributed by atoms with E-state index in [9.17, 15) is 21.6 Å². The van der Waals surface area contributed by atoms with Gasteiger partial charge in [-0.05, 0) is 67.4 Å². The van der Waals surface area contributed by atoms with Gasteiger partial charge in [-0.25, -0.2) is 22.0 Å². The maximum Gasteiger partial charge on any atom is 0.242 e. The molecule has 0 saturated heterocycles. The number of nitrogens with two attached hydrogens (primary N) is 1. The lowest BCUT2D eigenvalue weighted by Gasteiger charge is -2.19. The summed E-state index contributed by atoms with van der Waals surface area (Å²) in [5.74, 6) is -0.0790. The average Bonchev–Trinajstić information content (AvgIpc) is 2.79. The zero-order chi connectivity index (χ0) is 24.8. The fourth-order valence-corrected chi connectivity index (χ4v) is 4.84. The summed E-state index contributed by atoms with van der Waals surface area (Å²) in [5.41, 5.74) is 1.04. The lowest BCUT2D eigenvalue weighted by atomic mass is 10.1. The molecule has 0 aliphatic carbocycles. The van der Waals surface area contributed by atoms with Crippen molar-refractivity contribution in [2.24, 2.45) is 5.14 Å². The van der Waals surface area contributed by atoms with Crippen molar-refractivity contribution in [3.8, 4) is 5.75 Å². The number of hydrogen-bond acceptors (Lipinski definition) is 6. The summed E-state index contributed by atoms with van der Waals surface area (Å²) in [6.45, 7) is 2.27. The van der Waals surface area contributed by atoms with Crippen LogP contribution in [0.2, 0.25) is 0 Å². The van der Waals surface area contributed by atoms with Crippen LogP contribution in [0.3, 0.4) is 0 Å². The van der Waals surface area contributed by atoms with Gasteiger partial charge in [0.05, 0.1) is 16.4 Å². The zero-order valence-electron chi connectivity index (χ0n) is 18.3. The molecule has 3 aromatic carbocycles. The number of hydrogen-bond donors (Lipinski definition) is 3. The van der Waals surface area contributed by atoms with Crippen LogP contribution in [0.15, 0.2) is 88.7 Å². The van der Waals surface area contributed by atoms with Crippen LogP contribution in [0.1, 0.15) is 12.5 Å². The number of sulfonamides is 2. The van der Waals surface area contributed by atoms with E-state index < -0.39 is 32.0 Å². The molecule has 1 atom stereocenters. The van der Waals surface area contributed by atoms with E-state index in [1.807, 2.05) is 13.0 Å². The van der Waals surface area contributed by atoms with E-state index >= 15 is 0 Å². The molecular formula is C23H25N3O6S2. The number of amides is 1. The van der Waals surface area contributed by atoms with Crippen molar-refractivity contribution in [2.45, 2.75) is 29.2 Å². The third-order valence-electron chi connectivity index (χ3n) is 4.79. The molecule has 11 heteroatoms. The molecule has 3 aromatic rings. The van der Waals surface area contributed by atoms with Gasteiger partial charge in [-0.3, -0.25) is 4.79 Å². The summed E-state index contributed by atoms with van der Waals surface area (Å²) in [6.07, 6.45) is 0.0954. The van der Waals surface area contributed by atoms with Gasteiger partial charge in [0.1, 0.15) is 11.8 Å². The third-order valence-corrected chi connectivity index (χ3v) is 7.21. The average molecular weight is 504 g/mol. The van der Waals surface area contributed by atoms with Gasteiger partial charge in [-0.15, -0.1) is 0 Å². The van der Waals surface area contributed by atoms with E-state index in [1.165, 1.54) is 48.5 Å². The molecule has 9 nitrogen and oxygen atoms in total. The minimum absolute atomic E-state index is 0.0145. The lowest BCUT2D eigenvalue weighted by molar-refractivity contribution is -0.117. The van der Waals surface area contributed by atoms with E-state index in [1.54, 1.807) is 24.3 Å². The number of rotatable bonds is 10. The molecule has 0 bridgehead atoms. The Hall–Kier alpha value is -3.25. The zero-order valence-corrected chi connectivity index (χ0v) is 20.0. The summed E-state index contributed by atoms with van der Waals surface area (Å²) in [5, 5.41) is 7.71. The Morgan fingerprint density at radius 1 is 0.882 bits per heavy atom. The van der Waals surface area contributed by atoms with Crippen molar-refractivity contribution in [1.29, 1.82) is 0 Å². The van der Waals surface area contributed by atoms with Crippen LogP contribution in [0.25, 0.3) is 0 Å². The second-order valence-corrected chi connectivity index (χ2v) is 10.6. The molecule has 0 fully saturated rings. The third kappa shape index (κ3) is 6.87. The van der Waals surface area contributed by atoms with Crippen LogP contribution in [0, 0.1) is 0 Å². The van der Waals surface area contributed by atoms with Crippen molar-refractivity contribution in [2.75, 3.05) is 11.9 Å². The number of ether oxygens (including phenoxy) is 1. The van der Waals surface area contributed by atoms with Crippen molar-refractivity contribution in [1.82, 2.24) is 4.72 Å². The molecule has 4 N–H and O–H groups in total. The maximum atomic E-state index is 13.0. The van der Waals surface area contributed by atoms with Gasteiger partial charge in [0.25, 0.3) is 0 Å². The van der Waals surface area contributed by atoms with Crippen LogP contribution >= 0.6 is 0 Å². The first kappa shape index (κ1) is 25.4. The minimum Gasteiger partial charge on any atom is -0.494 e. The monoisotopic (exact) mass is 503 g/mol. The molecule has 34 heavy (non-hydrogen) atoms. The molecular weight excluding hydrogens is 478 g/mol. The molecule has 1 amide bonds. The van der Waals surface area contributed by atoms with Crippen LogP contribution in [0.5, 0.6) is 5.75 Å². The van der Waals surface area contributed by atoms with Gasteiger partial charge >= 0.3 is 0 Å². The van der Waals surface area contributed by atoms with Crippen LogP contribution in [-0.4, -0.2) is 35.4 Å². The molecule has 0 aromatic heterocycles. The fourth-order valence-electron chi connectivity index (χ4n) is 3.13. The highest BCUT2D eigenvalue weighted by Crippen LogP contribution is 2.18. The lowest BCUT2D eigenvalue weighted by Crippen LogP contribution is -2.45. The quantitative estimate of drug-likeness (QED) is 0.387. The number of anilines is 1. The highest BCUT2D eigenvalue weighted by atomic mass is 32.2. The normalized spacial score (nSPS) is 12.6. The Bertz CT molecular complexity index is 1330. The van der Waals surface area contributed by atoms with Gasteiger partial charge in [0.15, 0.2) is 0 Å². The Morgan fingerprint density at radius 2 is 1.47 bits per heavy atom. The second kappa shape index (κ2) is 10.8. The summed E-state index contributed by atoms with van der Waals surface area (Å²) in [6, 6.07) is 18.9. The first-order chi connectivity index (χ1) is 16.1. The van der Waals surface area contributed by atoms with Crippen molar-refractivity contribution in [3.05, 3.63) is 84.4 Å². The number of primary sulfonamides is 1. The van der Waals surface area contributed by atoms with E-state index in [0.29, 0.717) is 12.4 Å². The van der Waals surface area contributed by atoms with Crippen LogP contribution < -0.4 is 19.9 Å². The molecule has 0 heterocycles. The number of carbonyl (C=O) groups excluding carboxylic acids is 1. The summed E-state index contributed by atoms with van der Waals surface area (Å²) in [7, 11) is -7.92. The minimum atomic E-state index is -4.04. The van der Waals surface area contributed by atoms with Gasteiger partial charge in [-0.2, -0.15) is 4.72 Å². The number of nitrogens with one attached hydrogen (secondary N) is 2. The van der Waals surface area contributed by atoms with Crippen molar-refractivity contribution in [3.63, 3.8) is 0 Å². The predicted molar refractivity (Wildman–Crippen MR) is 128 cm³/mol. The maximum absolute atomic E-state index is 13.0. The standard InChI is InChI=1S/C23H25N3O6S2/c1-2-32-19-10-14-21(15-11-19)34(30,31)26-22(16-17-6-4-3-5-7-17)23(27)25-18-8-12-20(13-9-18)33(24,28)29/h3-15,22,26H,2,16H2,1H3,(H,25,27)(H2,24,28,29)/t22-/m1/s1. The van der Waals surface area contributed by atoms with E-state index in [4.69, 9.17) is 9.88 Å². The summed E-state index contributed by atoms with van der Waals surface area (Å²) in [4.78, 5) is 12.9. The topological polar surface area (TPSA) is 145 Å². The fraction of sp³-hybridized carbons (Fsp3) is 0.174. The van der Waals surface area contributed by atoms with Gasteiger partial charge < -0.3 is 10.1 Å². The smallest absolute Gasteiger partial charge is 0.242 e. The highest BCUT2D eigenvalue weighted by Gasteiger charge is 2.26. The second-order valence-electron chi connectivity index (χ2n) is 7.33. The van der Waals surface area contributed by atoms with E-state index in [0.717, 1.165) is 5.56 Å². The Balaban J connectivity index is 1.83. The summed E-state index contributed by atoms with van der Waals surface area (Å²) >= 11 is 0. The first-order valence-electron chi connectivity index (χ1n) is 10.3. The largest absolute Gasteiger partial charge is 0.494 e. The molecule has 0 spiro atoms. The number of benzene rings is 3. The van der Waals surface area contributed by atoms with Gasteiger partial charge in [0.2, 0.25) is 26.0 Å².